The number of rotatable bonds is 5. The molecule has 5 heteroatoms. The molecule has 5 nitrogen and oxygen atoms in total. The molecular formula is C23H35NO4. The lowest BCUT2D eigenvalue weighted by Gasteiger charge is -2.32. The number of ether oxygens (including phenoxy) is 2. The first-order valence-corrected chi connectivity index (χ1v) is 11.4. The van der Waals surface area contributed by atoms with Gasteiger partial charge in [-0.1, -0.05) is 13.3 Å². The van der Waals surface area contributed by atoms with Crippen LogP contribution in [-0.2, 0) is 19.1 Å². The fourth-order valence-electron chi connectivity index (χ4n) is 5.05. The lowest BCUT2D eigenvalue weighted by Crippen LogP contribution is -2.33. The van der Waals surface area contributed by atoms with Gasteiger partial charge >= 0.3 is 11.9 Å². The second kappa shape index (κ2) is 10.3. The van der Waals surface area contributed by atoms with E-state index in [0.29, 0.717) is 0 Å². The summed E-state index contributed by atoms with van der Waals surface area (Å²) in [6.07, 6.45) is 11.6. The van der Waals surface area contributed by atoms with Crippen LogP contribution < -0.4 is 0 Å². The van der Waals surface area contributed by atoms with Gasteiger partial charge in [-0.2, -0.15) is 5.26 Å². The van der Waals surface area contributed by atoms with Gasteiger partial charge in [-0.25, -0.2) is 0 Å². The van der Waals surface area contributed by atoms with E-state index < -0.39 is 0 Å². The Hall–Kier alpha value is -1.57. The predicted molar refractivity (Wildman–Crippen MR) is 105 cm³/mol. The summed E-state index contributed by atoms with van der Waals surface area (Å²) in [6.45, 7) is 2.23. The number of nitrogens with zero attached hydrogens (tertiary/aromatic N) is 1. The number of hydrogen-bond donors (Lipinski definition) is 0. The quantitative estimate of drug-likeness (QED) is 0.623. The van der Waals surface area contributed by atoms with Crippen LogP contribution in [0, 0.1) is 35.0 Å². The maximum absolute atomic E-state index is 12.5. The summed E-state index contributed by atoms with van der Waals surface area (Å²) in [5.41, 5.74) is 0. The minimum absolute atomic E-state index is 0.0187. The number of carbonyl (C=O) groups is 2. The van der Waals surface area contributed by atoms with Gasteiger partial charge in [0.1, 0.15) is 12.2 Å². The maximum atomic E-state index is 12.5. The second-order valence-electron chi connectivity index (χ2n) is 9.08. The van der Waals surface area contributed by atoms with Gasteiger partial charge < -0.3 is 9.47 Å². The van der Waals surface area contributed by atoms with Crippen molar-refractivity contribution < 1.29 is 19.1 Å². The van der Waals surface area contributed by atoms with Crippen LogP contribution in [-0.4, -0.2) is 24.1 Å². The average Bonchev–Trinajstić information content (AvgIpc) is 2.74. The molecule has 0 saturated heterocycles. The van der Waals surface area contributed by atoms with Crippen LogP contribution in [0.25, 0.3) is 0 Å². The molecule has 0 atom stereocenters. The fraction of sp³-hybridized carbons (Fsp3) is 0.870. The molecule has 0 spiro atoms. The van der Waals surface area contributed by atoms with Crippen molar-refractivity contribution in [1.29, 1.82) is 5.26 Å². The van der Waals surface area contributed by atoms with E-state index in [0.717, 1.165) is 83.0 Å². The molecule has 0 radical (unpaired) electrons. The van der Waals surface area contributed by atoms with E-state index >= 15 is 0 Å². The summed E-state index contributed by atoms with van der Waals surface area (Å²) >= 11 is 0. The summed E-state index contributed by atoms with van der Waals surface area (Å²) in [7, 11) is 0. The summed E-state index contributed by atoms with van der Waals surface area (Å²) in [5.74, 6) is 0.799. The van der Waals surface area contributed by atoms with E-state index in [1.54, 1.807) is 0 Å². The summed E-state index contributed by atoms with van der Waals surface area (Å²) < 4.78 is 11.5. The summed E-state index contributed by atoms with van der Waals surface area (Å²) in [5, 5.41) is 8.96. The number of carbonyl (C=O) groups excluding carboxylic acids is 2. The standard InChI is InChI=1S/C23H35NO4/c1-2-16-3-7-18(8-4-16)22(25)28-21-13-9-19(10-14-21)23(26)27-20-11-5-17(15-24)6-12-20/h16-21H,2-14H2,1H3. The van der Waals surface area contributed by atoms with E-state index in [1.165, 1.54) is 6.42 Å². The van der Waals surface area contributed by atoms with Gasteiger partial charge in [0.15, 0.2) is 0 Å². The highest BCUT2D eigenvalue weighted by Gasteiger charge is 2.33. The molecule has 0 N–H and O–H groups in total. The molecule has 0 unspecified atom stereocenters. The molecule has 0 aromatic heterocycles. The zero-order valence-corrected chi connectivity index (χ0v) is 17.2. The lowest BCUT2D eigenvalue weighted by atomic mass is 9.81. The fourth-order valence-corrected chi connectivity index (χ4v) is 5.05. The van der Waals surface area contributed by atoms with Crippen molar-refractivity contribution in [2.75, 3.05) is 0 Å². The Balaban J connectivity index is 1.34. The molecule has 0 aliphatic heterocycles. The zero-order valence-electron chi connectivity index (χ0n) is 17.2. The molecule has 3 aliphatic rings. The Morgan fingerprint density at radius 2 is 1.18 bits per heavy atom. The third-order valence-corrected chi connectivity index (χ3v) is 7.19. The van der Waals surface area contributed by atoms with E-state index in [4.69, 9.17) is 14.7 Å². The number of hydrogen-bond acceptors (Lipinski definition) is 5. The van der Waals surface area contributed by atoms with Gasteiger partial charge in [0, 0.05) is 5.92 Å². The molecule has 0 bridgehead atoms. The monoisotopic (exact) mass is 389 g/mol. The van der Waals surface area contributed by atoms with Crippen LogP contribution in [0.3, 0.4) is 0 Å². The Kier molecular flexibility index (Phi) is 7.76. The first-order valence-electron chi connectivity index (χ1n) is 11.4. The largest absolute Gasteiger partial charge is 0.462 e. The van der Waals surface area contributed by atoms with Crippen LogP contribution in [0.5, 0.6) is 0 Å². The normalized spacial score (nSPS) is 36.1. The lowest BCUT2D eigenvalue weighted by molar-refractivity contribution is -0.161. The molecule has 0 aromatic rings. The molecule has 3 saturated carbocycles. The Morgan fingerprint density at radius 3 is 1.61 bits per heavy atom. The van der Waals surface area contributed by atoms with E-state index in [9.17, 15) is 9.59 Å². The molecule has 3 aliphatic carbocycles. The highest BCUT2D eigenvalue weighted by molar-refractivity contribution is 5.73. The van der Waals surface area contributed by atoms with Crippen molar-refractivity contribution >= 4 is 11.9 Å². The Bertz CT molecular complexity index is 560. The highest BCUT2D eigenvalue weighted by atomic mass is 16.5. The average molecular weight is 390 g/mol. The van der Waals surface area contributed by atoms with Crippen molar-refractivity contribution in [2.45, 2.75) is 103 Å². The van der Waals surface area contributed by atoms with Crippen molar-refractivity contribution in [3.63, 3.8) is 0 Å². The Morgan fingerprint density at radius 1 is 0.750 bits per heavy atom. The third kappa shape index (κ3) is 5.72. The third-order valence-electron chi connectivity index (χ3n) is 7.19. The minimum Gasteiger partial charge on any atom is -0.462 e. The zero-order chi connectivity index (χ0) is 19.9. The molecule has 28 heavy (non-hydrogen) atoms. The van der Waals surface area contributed by atoms with E-state index in [-0.39, 0.29) is 41.9 Å². The molecule has 3 fully saturated rings. The van der Waals surface area contributed by atoms with Crippen molar-refractivity contribution in [1.82, 2.24) is 0 Å². The van der Waals surface area contributed by atoms with Gasteiger partial charge in [-0.3, -0.25) is 9.59 Å². The maximum Gasteiger partial charge on any atom is 0.309 e. The topological polar surface area (TPSA) is 76.4 Å². The molecule has 156 valence electrons. The van der Waals surface area contributed by atoms with Gasteiger partial charge in [0.05, 0.1) is 17.9 Å². The van der Waals surface area contributed by atoms with Gasteiger partial charge in [-0.15, -0.1) is 0 Å². The van der Waals surface area contributed by atoms with Crippen LogP contribution in [0.15, 0.2) is 0 Å². The molecule has 0 aromatic carbocycles. The van der Waals surface area contributed by atoms with Crippen molar-refractivity contribution in [3.8, 4) is 6.07 Å². The van der Waals surface area contributed by atoms with Gasteiger partial charge in [0.2, 0.25) is 0 Å². The van der Waals surface area contributed by atoms with E-state index in [1.807, 2.05) is 0 Å². The smallest absolute Gasteiger partial charge is 0.309 e. The summed E-state index contributed by atoms with van der Waals surface area (Å²) in [6, 6.07) is 2.31. The van der Waals surface area contributed by atoms with Gasteiger partial charge in [-0.05, 0) is 83.0 Å². The molecule has 3 rings (SSSR count). The predicted octanol–water partition coefficient (Wildman–Crippen LogP) is 4.93. The molecule has 0 heterocycles. The number of esters is 2. The van der Waals surface area contributed by atoms with E-state index in [2.05, 4.69) is 13.0 Å². The second-order valence-corrected chi connectivity index (χ2v) is 9.08. The SMILES string of the molecule is CCC1CCC(C(=O)OC2CCC(C(=O)OC3CCC(C#N)CC3)CC2)CC1. The number of nitriles is 1. The van der Waals surface area contributed by atoms with Crippen molar-refractivity contribution in [3.05, 3.63) is 0 Å². The first-order chi connectivity index (χ1) is 13.6. The van der Waals surface area contributed by atoms with Crippen LogP contribution >= 0.6 is 0 Å². The molecule has 0 amide bonds. The summed E-state index contributed by atoms with van der Waals surface area (Å²) in [4.78, 5) is 24.9. The Labute approximate surface area is 169 Å². The van der Waals surface area contributed by atoms with Crippen LogP contribution in [0.2, 0.25) is 0 Å². The van der Waals surface area contributed by atoms with Gasteiger partial charge in [0.25, 0.3) is 0 Å². The molecular weight excluding hydrogens is 354 g/mol. The first kappa shape index (κ1) is 21.1. The van der Waals surface area contributed by atoms with Crippen molar-refractivity contribution in [2.24, 2.45) is 23.7 Å². The van der Waals surface area contributed by atoms with Crippen LogP contribution in [0.4, 0.5) is 0 Å². The highest BCUT2D eigenvalue weighted by Crippen LogP contribution is 2.34. The minimum atomic E-state index is -0.0944. The van der Waals surface area contributed by atoms with Crippen LogP contribution in [0.1, 0.15) is 90.4 Å².